The molecule has 1 atom stereocenters. The lowest BCUT2D eigenvalue weighted by Crippen LogP contribution is -2.45. The van der Waals surface area contributed by atoms with Crippen LogP contribution in [0.25, 0.3) is 0 Å². The molecular formula is C24H23BrN2O5S. The summed E-state index contributed by atoms with van der Waals surface area (Å²) in [5.74, 6) is -1.06. The second-order valence-electron chi connectivity index (χ2n) is 7.11. The second kappa shape index (κ2) is 11.2. The van der Waals surface area contributed by atoms with E-state index in [9.17, 15) is 18.0 Å². The Balaban J connectivity index is 1.84. The minimum Gasteiger partial charge on any atom is -0.462 e. The Kier molecular flexibility index (Phi) is 8.37. The van der Waals surface area contributed by atoms with Crippen molar-refractivity contribution in [3.05, 3.63) is 94.5 Å². The Morgan fingerprint density at radius 1 is 0.970 bits per heavy atom. The average molecular weight is 531 g/mol. The van der Waals surface area contributed by atoms with Crippen LogP contribution in [0.2, 0.25) is 0 Å². The molecule has 172 valence electrons. The van der Waals surface area contributed by atoms with Crippen LogP contribution in [0.3, 0.4) is 0 Å². The molecule has 33 heavy (non-hydrogen) atoms. The van der Waals surface area contributed by atoms with E-state index in [1.165, 1.54) is 18.2 Å². The molecule has 0 saturated heterocycles. The highest BCUT2D eigenvalue weighted by atomic mass is 79.9. The molecule has 0 aromatic heterocycles. The number of hydrogen-bond acceptors (Lipinski definition) is 5. The fraction of sp³-hybridized carbons (Fsp3) is 0.167. The van der Waals surface area contributed by atoms with Crippen LogP contribution in [-0.2, 0) is 26.0 Å². The van der Waals surface area contributed by atoms with Crippen LogP contribution in [0, 0.1) is 0 Å². The van der Waals surface area contributed by atoms with Crippen LogP contribution < -0.4 is 10.0 Å². The van der Waals surface area contributed by atoms with Crippen LogP contribution in [-0.4, -0.2) is 32.9 Å². The number of ether oxygens (including phenoxy) is 1. The van der Waals surface area contributed by atoms with Gasteiger partial charge in [0.05, 0.1) is 17.1 Å². The monoisotopic (exact) mass is 530 g/mol. The van der Waals surface area contributed by atoms with E-state index in [1.807, 2.05) is 30.3 Å². The molecule has 0 spiro atoms. The van der Waals surface area contributed by atoms with Crippen LogP contribution >= 0.6 is 15.9 Å². The van der Waals surface area contributed by atoms with Crippen molar-refractivity contribution in [1.29, 1.82) is 0 Å². The van der Waals surface area contributed by atoms with Crippen LogP contribution in [0.15, 0.2) is 88.2 Å². The smallest absolute Gasteiger partial charge is 0.338 e. The van der Waals surface area contributed by atoms with Crippen molar-refractivity contribution in [3.63, 3.8) is 0 Å². The lowest BCUT2D eigenvalue weighted by molar-refractivity contribution is -0.117. The molecular weight excluding hydrogens is 508 g/mol. The van der Waals surface area contributed by atoms with Crippen molar-refractivity contribution in [2.75, 3.05) is 11.9 Å². The van der Waals surface area contributed by atoms with Gasteiger partial charge in [0.15, 0.2) is 0 Å². The van der Waals surface area contributed by atoms with Crippen molar-refractivity contribution in [3.8, 4) is 0 Å². The number of sulfonamides is 1. The first-order chi connectivity index (χ1) is 15.8. The van der Waals surface area contributed by atoms with Gasteiger partial charge in [-0.3, -0.25) is 4.79 Å². The van der Waals surface area contributed by atoms with Crippen molar-refractivity contribution < 1.29 is 22.7 Å². The first-order valence-electron chi connectivity index (χ1n) is 10.2. The third-order valence-corrected chi connectivity index (χ3v) is 6.68. The summed E-state index contributed by atoms with van der Waals surface area (Å²) in [7, 11) is -3.97. The van der Waals surface area contributed by atoms with Crippen molar-refractivity contribution in [2.24, 2.45) is 0 Å². The normalized spacial score (nSPS) is 12.1. The Labute approximate surface area is 201 Å². The van der Waals surface area contributed by atoms with Gasteiger partial charge in [-0.05, 0) is 61.4 Å². The summed E-state index contributed by atoms with van der Waals surface area (Å²) in [6, 6.07) is 20.4. The fourth-order valence-corrected chi connectivity index (χ4v) is 4.53. The van der Waals surface area contributed by atoms with E-state index < -0.39 is 27.9 Å². The Morgan fingerprint density at radius 3 is 2.33 bits per heavy atom. The van der Waals surface area contributed by atoms with Gasteiger partial charge < -0.3 is 10.1 Å². The second-order valence-corrected chi connectivity index (χ2v) is 9.74. The molecule has 0 heterocycles. The van der Waals surface area contributed by atoms with Gasteiger partial charge in [-0.2, -0.15) is 4.72 Å². The Bertz CT molecular complexity index is 1220. The summed E-state index contributed by atoms with van der Waals surface area (Å²) in [6.07, 6.45) is 0.139. The molecule has 0 radical (unpaired) electrons. The molecule has 9 heteroatoms. The molecule has 7 nitrogen and oxygen atoms in total. The predicted octanol–water partition coefficient (Wildman–Crippen LogP) is 4.15. The zero-order valence-corrected chi connectivity index (χ0v) is 20.2. The molecule has 0 fully saturated rings. The minimum absolute atomic E-state index is 0.0425. The maximum absolute atomic E-state index is 13.1. The quantitative estimate of drug-likeness (QED) is 0.404. The SMILES string of the molecule is CCOC(=O)c1cccc(NC(=O)C(Cc2ccccc2)NS(=O)(=O)c2ccc(Br)cc2)c1. The molecule has 1 unspecified atom stereocenters. The summed E-state index contributed by atoms with van der Waals surface area (Å²) in [5.41, 5.74) is 1.42. The highest BCUT2D eigenvalue weighted by Gasteiger charge is 2.26. The Hall–Kier alpha value is -3.01. The number of halogens is 1. The standard InChI is InChI=1S/C24H23BrN2O5S/c1-2-32-24(29)18-9-6-10-20(16-18)26-23(28)22(15-17-7-4-3-5-8-17)27-33(30,31)21-13-11-19(25)12-14-21/h3-14,16,22,27H,2,15H2,1H3,(H,26,28). The molecule has 2 N–H and O–H groups in total. The van der Waals surface area contributed by atoms with Gasteiger partial charge in [0, 0.05) is 10.2 Å². The summed E-state index contributed by atoms with van der Waals surface area (Å²) >= 11 is 3.28. The lowest BCUT2D eigenvalue weighted by atomic mass is 10.1. The predicted molar refractivity (Wildman–Crippen MR) is 129 cm³/mol. The number of carbonyl (C=O) groups excluding carboxylic acids is 2. The maximum Gasteiger partial charge on any atom is 0.338 e. The summed E-state index contributed by atoms with van der Waals surface area (Å²) in [4.78, 5) is 25.2. The van der Waals surface area contributed by atoms with Gasteiger partial charge in [-0.25, -0.2) is 13.2 Å². The maximum atomic E-state index is 13.1. The molecule has 0 bridgehead atoms. The minimum atomic E-state index is -3.97. The van der Waals surface area contributed by atoms with E-state index in [2.05, 4.69) is 26.0 Å². The third-order valence-electron chi connectivity index (χ3n) is 4.66. The topological polar surface area (TPSA) is 102 Å². The van der Waals surface area contributed by atoms with Gasteiger partial charge in [-0.15, -0.1) is 0 Å². The van der Waals surface area contributed by atoms with Crippen LogP contribution in [0.4, 0.5) is 5.69 Å². The Morgan fingerprint density at radius 2 is 1.67 bits per heavy atom. The number of anilines is 1. The molecule has 0 aliphatic heterocycles. The highest BCUT2D eigenvalue weighted by Crippen LogP contribution is 2.17. The van der Waals surface area contributed by atoms with Gasteiger partial charge in [0.1, 0.15) is 6.04 Å². The third kappa shape index (κ3) is 6.98. The van der Waals surface area contributed by atoms with Crippen LogP contribution in [0.1, 0.15) is 22.8 Å². The summed E-state index contributed by atoms with van der Waals surface area (Å²) in [6.45, 7) is 1.93. The summed E-state index contributed by atoms with van der Waals surface area (Å²) in [5, 5.41) is 2.70. The molecule has 0 saturated carbocycles. The first kappa shape index (κ1) is 24.6. The number of amides is 1. The van der Waals surface area contributed by atoms with Gasteiger partial charge in [0.2, 0.25) is 15.9 Å². The number of esters is 1. The van der Waals surface area contributed by atoms with Crippen molar-refractivity contribution in [1.82, 2.24) is 4.72 Å². The molecule has 3 aromatic carbocycles. The van der Waals surface area contributed by atoms with E-state index in [4.69, 9.17) is 4.74 Å². The lowest BCUT2D eigenvalue weighted by Gasteiger charge is -2.19. The van der Waals surface area contributed by atoms with Gasteiger partial charge >= 0.3 is 5.97 Å². The number of hydrogen-bond donors (Lipinski definition) is 2. The van der Waals surface area contributed by atoms with E-state index in [0.29, 0.717) is 5.69 Å². The fourth-order valence-electron chi connectivity index (χ4n) is 3.07. The molecule has 3 aromatic rings. The first-order valence-corrected chi connectivity index (χ1v) is 12.5. The number of benzene rings is 3. The molecule has 0 aliphatic carbocycles. The van der Waals surface area contributed by atoms with E-state index in [1.54, 1.807) is 37.3 Å². The van der Waals surface area contributed by atoms with Crippen molar-refractivity contribution >= 4 is 43.5 Å². The van der Waals surface area contributed by atoms with Gasteiger partial charge in [-0.1, -0.05) is 52.3 Å². The van der Waals surface area contributed by atoms with E-state index in [0.717, 1.165) is 10.0 Å². The van der Waals surface area contributed by atoms with E-state index in [-0.39, 0.29) is 23.5 Å². The zero-order chi connectivity index (χ0) is 23.8. The van der Waals surface area contributed by atoms with Crippen molar-refractivity contribution in [2.45, 2.75) is 24.3 Å². The number of nitrogens with one attached hydrogen (secondary N) is 2. The molecule has 1 amide bonds. The molecule has 0 aliphatic rings. The number of carbonyl (C=O) groups is 2. The van der Waals surface area contributed by atoms with Gasteiger partial charge in [0.25, 0.3) is 0 Å². The summed E-state index contributed by atoms with van der Waals surface area (Å²) < 4.78 is 34.1. The highest BCUT2D eigenvalue weighted by molar-refractivity contribution is 9.10. The average Bonchev–Trinajstić information content (AvgIpc) is 2.80. The number of rotatable bonds is 9. The van der Waals surface area contributed by atoms with Crippen LogP contribution in [0.5, 0.6) is 0 Å². The largest absolute Gasteiger partial charge is 0.462 e. The zero-order valence-electron chi connectivity index (χ0n) is 17.8. The molecule has 3 rings (SSSR count). The van der Waals surface area contributed by atoms with E-state index >= 15 is 0 Å².